The SMILES string of the molecule is CC(=O)N[C@@H]1[C@@H](C(C)C)CC(C(=O)O)=C[C@H]1OC(C)C. The van der Waals surface area contributed by atoms with Crippen molar-refractivity contribution in [1.29, 1.82) is 0 Å². The molecule has 0 aromatic rings. The smallest absolute Gasteiger partial charge is 0.331 e. The maximum atomic E-state index is 11.4. The lowest BCUT2D eigenvalue weighted by Crippen LogP contribution is -2.52. The van der Waals surface area contributed by atoms with Crippen LogP contribution in [-0.2, 0) is 14.3 Å². The predicted octanol–water partition coefficient (Wildman–Crippen LogP) is 1.97. The number of nitrogens with one attached hydrogen (secondary N) is 1. The Bertz CT molecular complexity index is 401. The Morgan fingerprint density at radius 3 is 2.35 bits per heavy atom. The largest absolute Gasteiger partial charge is 0.478 e. The van der Waals surface area contributed by atoms with E-state index in [1.54, 1.807) is 6.08 Å². The van der Waals surface area contributed by atoms with Crippen molar-refractivity contribution in [3.8, 4) is 0 Å². The van der Waals surface area contributed by atoms with Crippen LogP contribution in [-0.4, -0.2) is 35.2 Å². The van der Waals surface area contributed by atoms with Crippen molar-refractivity contribution in [2.45, 2.75) is 59.3 Å². The molecule has 2 N–H and O–H groups in total. The van der Waals surface area contributed by atoms with Crippen molar-refractivity contribution in [3.05, 3.63) is 11.6 Å². The Kier molecular flexibility index (Phi) is 5.74. The molecule has 0 aromatic heterocycles. The number of carboxylic acid groups (broad SMARTS) is 1. The molecular weight excluding hydrogens is 258 g/mol. The van der Waals surface area contributed by atoms with E-state index in [2.05, 4.69) is 5.32 Å². The number of ether oxygens (including phenoxy) is 1. The Morgan fingerprint density at radius 1 is 1.35 bits per heavy atom. The summed E-state index contributed by atoms with van der Waals surface area (Å²) in [4.78, 5) is 22.7. The van der Waals surface area contributed by atoms with E-state index in [4.69, 9.17) is 4.74 Å². The molecule has 0 bridgehead atoms. The van der Waals surface area contributed by atoms with Gasteiger partial charge in [0.2, 0.25) is 5.91 Å². The molecule has 0 spiro atoms. The van der Waals surface area contributed by atoms with E-state index in [1.165, 1.54) is 6.92 Å². The Morgan fingerprint density at radius 2 is 1.95 bits per heavy atom. The first-order valence-corrected chi connectivity index (χ1v) is 7.09. The van der Waals surface area contributed by atoms with Crippen LogP contribution in [0.25, 0.3) is 0 Å². The molecule has 114 valence electrons. The lowest BCUT2D eigenvalue weighted by molar-refractivity contribution is -0.133. The molecule has 1 aliphatic carbocycles. The number of aliphatic carboxylic acids is 1. The molecule has 0 aliphatic heterocycles. The van der Waals surface area contributed by atoms with Gasteiger partial charge < -0.3 is 15.2 Å². The summed E-state index contributed by atoms with van der Waals surface area (Å²) in [6, 6.07) is -0.182. The van der Waals surface area contributed by atoms with E-state index >= 15 is 0 Å². The van der Waals surface area contributed by atoms with Crippen LogP contribution < -0.4 is 5.32 Å². The Hall–Kier alpha value is -1.36. The number of hydrogen-bond donors (Lipinski definition) is 2. The molecule has 0 saturated heterocycles. The highest BCUT2D eigenvalue weighted by atomic mass is 16.5. The molecule has 5 nitrogen and oxygen atoms in total. The summed E-state index contributed by atoms with van der Waals surface area (Å²) in [5.74, 6) is -0.716. The van der Waals surface area contributed by atoms with Crippen molar-refractivity contribution < 1.29 is 19.4 Å². The third-order valence-corrected chi connectivity index (χ3v) is 3.57. The molecule has 0 radical (unpaired) electrons. The number of hydrogen-bond acceptors (Lipinski definition) is 3. The summed E-state index contributed by atoms with van der Waals surface area (Å²) in [6.07, 6.45) is 1.66. The average Bonchev–Trinajstić information content (AvgIpc) is 2.28. The zero-order chi connectivity index (χ0) is 15.4. The fourth-order valence-corrected chi connectivity index (χ4v) is 2.67. The van der Waals surface area contributed by atoms with E-state index in [0.717, 1.165) is 0 Å². The van der Waals surface area contributed by atoms with E-state index < -0.39 is 12.1 Å². The van der Waals surface area contributed by atoms with E-state index in [1.807, 2.05) is 27.7 Å². The van der Waals surface area contributed by atoms with Crippen molar-refractivity contribution in [2.24, 2.45) is 11.8 Å². The molecule has 0 aromatic carbocycles. The van der Waals surface area contributed by atoms with Gasteiger partial charge in [-0.15, -0.1) is 0 Å². The predicted molar refractivity (Wildman–Crippen MR) is 76.3 cm³/mol. The molecule has 0 unspecified atom stereocenters. The topological polar surface area (TPSA) is 75.6 Å². The van der Waals surface area contributed by atoms with Crippen molar-refractivity contribution >= 4 is 11.9 Å². The second-order valence-electron chi connectivity index (χ2n) is 5.98. The van der Waals surface area contributed by atoms with Gasteiger partial charge in [-0.1, -0.05) is 13.8 Å². The first-order valence-electron chi connectivity index (χ1n) is 7.09. The maximum absolute atomic E-state index is 11.4. The lowest BCUT2D eigenvalue weighted by Gasteiger charge is -2.39. The average molecular weight is 283 g/mol. The maximum Gasteiger partial charge on any atom is 0.331 e. The molecule has 1 aliphatic rings. The minimum atomic E-state index is -0.908. The molecule has 1 amide bonds. The minimum absolute atomic E-state index is 0.0338. The van der Waals surface area contributed by atoms with Gasteiger partial charge in [0.15, 0.2) is 0 Å². The van der Waals surface area contributed by atoms with Crippen LogP contribution in [0.2, 0.25) is 0 Å². The third kappa shape index (κ3) is 4.34. The fraction of sp³-hybridized carbons (Fsp3) is 0.733. The second-order valence-corrected chi connectivity index (χ2v) is 5.98. The van der Waals surface area contributed by atoms with Gasteiger partial charge in [-0.25, -0.2) is 4.79 Å². The normalized spacial score (nSPS) is 26.6. The van der Waals surface area contributed by atoms with E-state index in [-0.39, 0.29) is 29.9 Å². The molecule has 5 heteroatoms. The van der Waals surface area contributed by atoms with Crippen LogP contribution in [0.15, 0.2) is 11.6 Å². The Balaban J connectivity index is 3.10. The number of rotatable bonds is 5. The molecule has 1 rings (SSSR count). The molecule has 20 heavy (non-hydrogen) atoms. The van der Waals surface area contributed by atoms with Gasteiger partial charge in [0.25, 0.3) is 0 Å². The summed E-state index contributed by atoms with van der Waals surface area (Å²) >= 11 is 0. The summed E-state index contributed by atoms with van der Waals surface area (Å²) in [6.45, 7) is 9.35. The monoisotopic (exact) mass is 283 g/mol. The fourth-order valence-electron chi connectivity index (χ4n) is 2.67. The van der Waals surface area contributed by atoms with Gasteiger partial charge in [-0.05, 0) is 38.2 Å². The number of carbonyl (C=O) groups excluding carboxylic acids is 1. The number of carbonyl (C=O) groups is 2. The zero-order valence-electron chi connectivity index (χ0n) is 12.8. The van der Waals surface area contributed by atoms with Crippen LogP contribution >= 0.6 is 0 Å². The quantitative estimate of drug-likeness (QED) is 0.809. The first-order chi connectivity index (χ1) is 9.22. The Labute approximate surface area is 120 Å². The standard InChI is InChI=1S/C15H25NO4/c1-8(2)12-6-11(15(18)19)7-13(20-9(3)4)14(12)16-10(5)17/h7-9,12-14H,6H2,1-5H3,(H,16,17)(H,18,19)/t12-,13-,14-/m1/s1. The van der Waals surface area contributed by atoms with E-state index in [9.17, 15) is 14.7 Å². The molecule has 0 saturated carbocycles. The summed E-state index contributed by atoms with van der Waals surface area (Å²) < 4.78 is 5.81. The molecule has 0 heterocycles. The third-order valence-electron chi connectivity index (χ3n) is 3.57. The highest BCUT2D eigenvalue weighted by Crippen LogP contribution is 2.32. The highest BCUT2D eigenvalue weighted by Gasteiger charge is 2.38. The van der Waals surface area contributed by atoms with Crippen molar-refractivity contribution in [1.82, 2.24) is 5.32 Å². The van der Waals surface area contributed by atoms with Gasteiger partial charge in [0.1, 0.15) is 0 Å². The van der Waals surface area contributed by atoms with E-state index in [0.29, 0.717) is 12.0 Å². The highest BCUT2D eigenvalue weighted by molar-refractivity contribution is 5.87. The molecular formula is C15H25NO4. The van der Waals surface area contributed by atoms with Gasteiger partial charge in [0, 0.05) is 12.5 Å². The molecule has 3 atom stereocenters. The first kappa shape index (κ1) is 16.7. The molecule has 0 fully saturated rings. The summed E-state index contributed by atoms with van der Waals surface area (Å²) in [5.41, 5.74) is 0.371. The zero-order valence-corrected chi connectivity index (χ0v) is 12.8. The second kappa shape index (κ2) is 6.88. The lowest BCUT2D eigenvalue weighted by atomic mass is 9.76. The van der Waals surface area contributed by atoms with Crippen LogP contribution in [0.4, 0.5) is 0 Å². The van der Waals surface area contributed by atoms with Gasteiger partial charge >= 0.3 is 5.97 Å². The summed E-state index contributed by atoms with van der Waals surface area (Å²) in [5, 5.41) is 12.2. The van der Waals surface area contributed by atoms with Gasteiger partial charge in [0.05, 0.1) is 18.2 Å². The van der Waals surface area contributed by atoms with Gasteiger partial charge in [-0.3, -0.25) is 4.79 Å². The van der Waals surface area contributed by atoms with Crippen molar-refractivity contribution in [3.63, 3.8) is 0 Å². The number of amides is 1. The summed E-state index contributed by atoms with van der Waals surface area (Å²) in [7, 11) is 0. The number of carboxylic acids is 1. The van der Waals surface area contributed by atoms with Crippen molar-refractivity contribution in [2.75, 3.05) is 0 Å². The van der Waals surface area contributed by atoms with Crippen LogP contribution in [0, 0.1) is 11.8 Å². The van der Waals surface area contributed by atoms with Crippen LogP contribution in [0.5, 0.6) is 0 Å². The van der Waals surface area contributed by atoms with Gasteiger partial charge in [-0.2, -0.15) is 0 Å². The van der Waals surface area contributed by atoms with Crippen LogP contribution in [0.1, 0.15) is 41.0 Å². The minimum Gasteiger partial charge on any atom is -0.478 e. The van der Waals surface area contributed by atoms with Crippen LogP contribution in [0.3, 0.4) is 0 Å².